The standard InChI is InChI=1S/C18H16N4OS2/c23-16(21-22-18(24)20-14-9-5-2-6-10-14)11-15-12-25-17(19-15)13-7-3-1-4-8-13/h1-10,12H,11H2,(H,21,23)(H2,20,22,24). The van der Waals surface area contributed by atoms with Gasteiger partial charge in [0.15, 0.2) is 5.11 Å². The second kappa shape index (κ2) is 8.36. The molecule has 5 nitrogen and oxygen atoms in total. The molecular weight excluding hydrogens is 352 g/mol. The molecule has 3 rings (SSSR count). The molecule has 0 fully saturated rings. The molecule has 1 amide bonds. The Kier molecular flexibility index (Phi) is 5.71. The maximum atomic E-state index is 12.0. The monoisotopic (exact) mass is 368 g/mol. The van der Waals surface area contributed by atoms with Gasteiger partial charge < -0.3 is 5.32 Å². The van der Waals surface area contributed by atoms with Crippen molar-refractivity contribution in [3.63, 3.8) is 0 Å². The normalized spacial score (nSPS) is 10.1. The zero-order chi connectivity index (χ0) is 17.5. The predicted molar refractivity (Wildman–Crippen MR) is 105 cm³/mol. The van der Waals surface area contributed by atoms with Crippen LogP contribution in [0, 0.1) is 0 Å². The van der Waals surface area contributed by atoms with Gasteiger partial charge in [0, 0.05) is 16.6 Å². The summed E-state index contributed by atoms with van der Waals surface area (Å²) in [5.74, 6) is -0.206. The first-order chi connectivity index (χ1) is 12.2. The number of anilines is 1. The van der Waals surface area contributed by atoms with Crippen LogP contribution in [0.1, 0.15) is 5.69 Å². The van der Waals surface area contributed by atoms with Gasteiger partial charge in [0.1, 0.15) is 5.01 Å². The molecule has 0 saturated heterocycles. The molecule has 0 aliphatic rings. The van der Waals surface area contributed by atoms with Crippen molar-refractivity contribution in [2.45, 2.75) is 6.42 Å². The Labute approximate surface area is 155 Å². The molecule has 1 heterocycles. The molecule has 0 aliphatic heterocycles. The Morgan fingerprint density at radius 2 is 1.68 bits per heavy atom. The number of benzene rings is 2. The van der Waals surface area contributed by atoms with E-state index in [1.54, 1.807) is 0 Å². The van der Waals surface area contributed by atoms with Crippen LogP contribution in [0.4, 0.5) is 5.69 Å². The largest absolute Gasteiger partial charge is 0.331 e. The van der Waals surface area contributed by atoms with Gasteiger partial charge in [-0.3, -0.25) is 15.6 Å². The number of nitrogens with one attached hydrogen (secondary N) is 3. The number of thiocarbonyl (C=S) groups is 1. The number of rotatable bonds is 4. The Balaban J connectivity index is 1.48. The third kappa shape index (κ3) is 5.10. The average molecular weight is 368 g/mol. The summed E-state index contributed by atoms with van der Waals surface area (Å²) in [6, 6.07) is 19.4. The van der Waals surface area contributed by atoms with Crippen molar-refractivity contribution in [3.05, 3.63) is 71.7 Å². The Morgan fingerprint density at radius 1 is 1.00 bits per heavy atom. The fourth-order valence-electron chi connectivity index (χ4n) is 2.12. The van der Waals surface area contributed by atoms with Crippen LogP contribution in [-0.4, -0.2) is 16.0 Å². The fraction of sp³-hybridized carbons (Fsp3) is 0.0556. The van der Waals surface area contributed by atoms with Crippen molar-refractivity contribution in [2.24, 2.45) is 0 Å². The van der Waals surface area contributed by atoms with Crippen molar-refractivity contribution < 1.29 is 4.79 Å². The molecular formula is C18H16N4OS2. The van der Waals surface area contributed by atoms with Crippen molar-refractivity contribution >= 4 is 40.3 Å². The lowest BCUT2D eigenvalue weighted by atomic mass is 10.2. The van der Waals surface area contributed by atoms with E-state index in [4.69, 9.17) is 12.2 Å². The highest BCUT2D eigenvalue weighted by Crippen LogP contribution is 2.23. The highest BCUT2D eigenvalue weighted by Gasteiger charge is 2.09. The summed E-state index contributed by atoms with van der Waals surface area (Å²) in [7, 11) is 0. The van der Waals surface area contributed by atoms with E-state index in [0.717, 1.165) is 22.0 Å². The minimum absolute atomic E-state index is 0.185. The first-order valence-electron chi connectivity index (χ1n) is 7.61. The quantitative estimate of drug-likeness (QED) is 0.487. The molecule has 3 N–H and O–H groups in total. The van der Waals surface area contributed by atoms with Crippen LogP contribution >= 0.6 is 23.6 Å². The van der Waals surface area contributed by atoms with Crippen molar-refractivity contribution in [1.29, 1.82) is 0 Å². The number of hydrogen-bond acceptors (Lipinski definition) is 4. The number of carbonyl (C=O) groups excluding carboxylic acids is 1. The molecule has 25 heavy (non-hydrogen) atoms. The van der Waals surface area contributed by atoms with Crippen LogP contribution in [0.3, 0.4) is 0 Å². The highest BCUT2D eigenvalue weighted by atomic mass is 32.1. The molecule has 126 valence electrons. The van der Waals surface area contributed by atoms with Gasteiger partial charge in [-0.2, -0.15) is 0 Å². The van der Waals surface area contributed by atoms with Gasteiger partial charge in [0.2, 0.25) is 5.91 Å². The first-order valence-corrected chi connectivity index (χ1v) is 8.90. The summed E-state index contributed by atoms with van der Waals surface area (Å²) in [6.07, 6.45) is 0.185. The lowest BCUT2D eigenvalue weighted by Crippen LogP contribution is -2.44. The van der Waals surface area contributed by atoms with Crippen LogP contribution in [0.5, 0.6) is 0 Å². The van der Waals surface area contributed by atoms with E-state index in [9.17, 15) is 4.79 Å². The fourth-order valence-corrected chi connectivity index (χ4v) is 3.12. The van der Waals surface area contributed by atoms with Gasteiger partial charge in [-0.15, -0.1) is 11.3 Å². The van der Waals surface area contributed by atoms with E-state index < -0.39 is 0 Å². The second-order valence-corrected chi connectivity index (χ2v) is 6.45. The summed E-state index contributed by atoms with van der Waals surface area (Å²) in [5, 5.41) is 6.09. The zero-order valence-corrected chi connectivity index (χ0v) is 14.9. The van der Waals surface area contributed by atoms with Crippen molar-refractivity contribution in [1.82, 2.24) is 15.8 Å². The molecule has 0 saturated carbocycles. The summed E-state index contributed by atoms with van der Waals surface area (Å²) in [4.78, 5) is 16.5. The average Bonchev–Trinajstić information content (AvgIpc) is 3.10. The number of hydrazine groups is 1. The lowest BCUT2D eigenvalue weighted by Gasteiger charge is -2.11. The summed E-state index contributed by atoms with van der Waals surface area (Å²) in [6.45, 7) is 0. The molecule has 0 bridgehead atoms. The number of para-hydroxylation sites is 1. The third-order valence-electron chi connectivity index (χ3n) is 3.26. The molecule has 0 radical (unpaired) electrons. The lowest BCUT2D eigenvalue weighted by molar-refractivity contribution is -0.121. The zero-order valence-electron chi connectivity index (χ0n) is 13.2. The number of aromatic nitrogens is 1. The van der Waals surface area contributed by atoms with Crippen molar-refractivity contribution in [2.75, 3.05) is 5.32 Å². The molecule has 0 atom stereocenters. The smallest absolute Gasteiger partial charge is 0.244 e. The van der Waals surface area contributed by atoms with Gasteiger partial charge in [-0.25, -0.2) is 4.98 Å². The van der Waals surface area contributed by atoms with Crippen LogP contribution in [0.15, 0.2) is 66.0 Å². The van der Waals surface area contributed by atoms with E-state index in [0.29, 0.717) is 5.11 Å². The highest BCUT2D eigenvalue weighted by molar-refractivity contribution is 7.80. The van der Waals surface area contributed by atoms with Crippen LogP contribution in [0.2, 0.25) is 0 Å². The second-order valence-electron chi connectivity index (χ2n) is 5.18. The van der Waals surface area contributed by atoms with E-state index >= 15 is 0 Å². The Morgan fingerprint density at radius 3 is 2.40 bits per heavy atom. The van der Waals surface area contributed by atoms with Crippen LogP contribution in [0.25, 0.3) is 10.6 Å². The van der Waals surface area contributed by atoms with Gasteiger partial charge in [0.05, 0.1) is 12.1 Å². The molecule has 0 aliphatic carbocycles. The molecule has 0 spiro atoms. The van der Waals surface area contributed by atoms with E-state index in [-0.39, 0.29) is 12.3 Å². The maximum Gasteiger partial charge on any atom is 0.244 e. The summed E-state index contributed by atoms with van der Waals surface area (Å²) in [5.41, 5.74) is 7.88. The SMILES string of the molecule is O=C(Cc1csc(-c2ccccc2)n1)NNC(=S)Nc1ccccc1. The number of hydrogen-bond donors (Lipinski definition) is 3. The summed E-state index contributed by atoms with van der Waals surface area (Å²) >= 11 is 6.66. The molecule has 3 aromatic rings. The minimum atomic E-state index is -0.206. The third-order valence-corrected chi connectivity index (χ3v) is 4.41. The van der Waals surface area contributed by atoms with Crippen LogP contribution in [-0.2, 0) is 11.2 Å². The number of thiazole rings is 1. The minimum Gasteiger partial charge on any atom is -0.331 e. The topological polar surface area (TPSA) is 66.0 Å². The van der Waals surface area contributed by atoms with E-state index in [1.165, 1.54) is 11.3 Å². The number of carbonyl (C=O) groups is 1. The Hall–Kier alpha value is -2.77. The molecule has 0 unspecified atom stereocenters. The van der Waals surface area contributed by atoms with Gasteiger partial charge in [0.25, 0.3) is 0 Å². The number of amides is 1. The summed E-state index contributed by atoms with van der Waals surface area (Å²) < 4.78 is 0. The molecule has 1 aromatic heterocycles. The predicted octanol–water partition coefficient (Wildman–Crippen LogP) is 3.37. The van der Waals surface area contributed by atoms with E-state index in [1.807, 2.05) is 66.0 Å². The number of nitrogens with zero attached hydrogens (tertiary/aromatic N) is 1. The molecule has 7 heteroatoms. The van der Waals surface area contributed by atoms with Gasteiger partial charge in [-0.1, -0.05) is 48.5 Å². The van der Waals surface area contributed by atoms with Gasteiger partial charge >= 0.3 is 0 Å². The van der Waals surface area contributed by atoms with Crippen LogP contribution < -0.4 is 16.2 Å². The van der Waals surface area contributed by atoms with E-state index in [2.05, 4.69) is 21.2 Å². The first kappa shape index (κ1) is 17.1. The van der Waals surface area contributed by atoms with Crippen molar-refractivity contribution in [3.8, 4) is 10.6 Å². The molecule has 2 aromatic carbocycles. The van der Waals surface area contributed by atoms with Gasteiger partial charge in [-0.05, 0) is 24.4 Å². The maximum absolute atomic E-state index is 12.0. The Bertz CT molecular complexity index is 850.